The van der Waals surface area contributed by atoms with Gasteiger partial charge in [0, 0.05) is 12.2 Å². The third kappa shape index (κ3) is 3.39. The Kier molecular flexibility index (Phi) is 4.43. The number of hydrogen-bond acceptors (Lipinski definition) is 4. The monoisotopic (exact) mass is 334 g/mol. The quantitative estimate of drug-likeness (QED) is 0.851. The third-order valence-corrected chi connectivity index (χ3v) is 7.05. The number of fused-ring (bicyclic) bond motifs is 1. The fourth-order valence-electron chi connectivity index (χ4n) is 3.98. The summed E-state index contributed by atoms with van der Waals surface area (Å²) in [5.41, 5.74) is -0.344. The predicted molar refractivity (Wildman–Crippen MR) is 97.9 cm³/mol. The average molecular weight is 335 g/mol. The summed E-state index contributed by atoms with van der Waals surface area (Å²) in [6, 6.07) is 4.79. The molecule has 1 aromatic heterocycles. The molecule has 0 spiro atoms. The molecule has 1 N–H and O–H groups in total. The van der Waals surface area contributed by atoms with Crippen LogP contribution in [0.5, 0.6) is 0 Å². The number of pyridine rings is 1. The van der Waals surface area contributed by atoms with Crippen molar-refractivity contribution in [3.63, 3.8) is 0 Å². The third-order valence-electron chi connectivity index (χ3n) is 5.32. The van der Waals surface area contributed by atoms with Crippen molar-refractivity contribution in [3.8, 4) is 0 Å². The van der Waals surface area contributed by atoms with E-state index in [2.05, 4.69) is 31.7 Å². The van der Waals surface area contributed by atoms with Crippen LogP contribution in [0.1, 0.15) is 60.3 Å². The van der Waals surface area contributed by atoms with Crippen LogP contribution in [0.4, 0.5) is 5.82 Å². The van der Waals surface area contributed by atoms with Gasteiger partial charge in [0.1, 0.15) is 5.82 Å². The second-order valence-electron chi connectivity index (χ2n) is 8.73. The molecule has 1 atom stereocenters. The van der Waals surface area contributed by atoms with E-state index in [0.29, 0.717) is 17.3 Å². The average Bonchev–Trinajstić information content (AvgIpc) is 2.86. The standard InChI is InChI=1S/C19H30N2OS/c1-18(2,3)17-21(16-15(23-17)7-6-12-20-16)14-10-8-13(9-11-14)19(4,5)22/h6-7,12-14,17,22H,8-11H2,1-5H3/t13-,14-,17?. The first kappa shape index (κ1) is 17.1. The Morgan fingerprint density at radius 3 is 2.35 bits per heavy atom. The molecule has 0 bridgehead atoms. The maximum absolute atomic E-state index is 10.3. The van der Waals surface area contributed by atoms with Crippen molar-refractivity contribution < 1.29 is 5.11 Å². The fraction of sp³-hybridized carbons (Fsp3) is 0.737. The van der Waals surface area contributed by atoms with E-state index in [1.165, 1.54) is 10.7 Å². The number of aromatic nitrogens is 1. The van der Waals surface area contributed by atoms with Gasteiger partial charge in [-0.25, -0.2) is 4.98 Å². The Bertz CT molecular complexity index is 553. The van der Waals surface area contributed by atoms with Crippen molar-refractivity contribution in [2.45, 2.75) is 82.2 Å². The number of aliphatic hydroxyl groups is 1. The minimum Gasteiger partial charge on any atom is -0.390 e. The lowest BCUT2D eigenvalue weighted by molar-refractivity contribution is -0.00192. The van der Waals surface area contributed by atoms with Crippen molar-refractivity contribution in [2.75, 3.05) is 4.90 Å². The normalized spacial score (nSPS) is 28.8. The van der Waals surface area contributed by atoms with Crippen LogP contribution in [-0.4, -0.2) is 27.1 Å². The van der Waals surface area contributed by atoms with E-state index in [-0.39, 0.29) is 5.41 Å². The first-order valence-electron chi connectivity index (χ1n) is 8.80. The van der Waals surface area contributed by atoms with E-state index < -0.39 is 5.60 Å². The van der Waals surface area contributed by atoms with Gasteiger partial charge in [0.05, 0.1) is 15.9 Å². The smallest absolute Gasteiger partial charge is 0.143 e. The van der Waals surface area contributed by atoms with Crippen LogP contribution in [-0.2, 0) is 0 Å². The highest BCUT2D eigenvalue weighted by Gasteiger charge is 2.44. The molecular weight excluding hydrogens is 304 g/mol. The van der Waals surface area contributed by atoms with Gasteiger partial charge in [-0.15, -0.1) is 0 Å². The maximum Gasteiger partial charge on any atom is 0.143 e. The number of anilines is 1. The highest BCUT2D eigenvalue weighted by Crippen LogP contribution is 2.51. The topological polar surface area (TPSA) is 36.4 Å². The minimum absolute atomic E-state index is 0.207. The second kappa shape index (κ2) is 5.96. The zero-order valence-electron chi connectivity index (χ0n) is 15.0. The SMILES string of the molecule is CC(C)(C)C1Sc2cccnc2N1[C@H]1CC[C@H](C(C)(C)O)CC1. The Morgan fingerprint density at radius 2 is 1.78 bits per heavy atom. The first-order chi connectivity index (χ1) is 10.7. The number of hydrogen-bond donors (Lipinski definition) is 1. The van der Waals surface area contributed by atoms with Crippen LogP contribution in [0.25, 0.3) is 0 Å². The number of nitrogens with zero attached hydrogens (tertiary/aromatic N) is 2. The van der Waals surface area contributed by atoms with Gasteiger partial charge in [0.2, 0.25) is 0 Å². The molecule has 1 unspecified atom stereocenters. The molecule has 1 aliphatic carbocycles. The summed E-state index contributed by atoms with van der Waals surface area (Å²) in [6.45, 7) is 10.9. The second-order valence-corrected chi connectivity index (χ2v) is 9.85. The Morgan fingerprint density at radius 1 is 1.13 bits per heavy atom. The van der Waals surface area contributed by atoms with Gasteiger partial charge in [-0.1, -0.05) is 32.5 Å². The molecule has 23 heavy (non-hydrogen) atoms. The van der Waals surface area contributed by atoms with Crippen LogP contribution < -0.4 is 4.90 Å². The molecule has 3 nitrogen and oxygen atoms in total. The van der Waals surface area contributed by atoms with Gasteiger partial charge in [-0.05, 0) is 63.0 Å². The highest BCUT2D eigenvalue weighted by molar-refractivity contribution is 8.00. The molecule has 128 valence electrons. The van der Waals surface area contributed by atoms with Crippen molar-refractivity contribution in [3.05, 3.63) is 18.3 Å². The minimum atomic E-state index is -0.551. The summed E-state index contributed by atoms with van der Waals surface area (Å²) in [4.78, 5) is 8.60. The molecule has 0 aromatic carbocycles. The van der Waals surface area contributed by atoms with Crippen molar-refractivity contribution >= 4 is 17.6 Å². The Labute approximate surface area is 144 Å². The van der Waals surface area contributed by atoms with Gasteiger partial charge in [0.15, 0.2) is 0 Å². The van der Waals surface area contributed by atoms with E-state index in [4.69, 9.17) is 4.98 Å². The van der Waals surface area contributed by atoms with Gasteiger partial charge < -0.3 is 10.0 Å². The lowest BCUT2D eigenvalue weighted by Crippen LogP contribution is -2.48. The van der Waals surface area contributed by atoms with E-state index in [1.807, 2.05) is 37.9 Å². The van der Waals surface area contributed by atoms with Gasteiger partial charge in [0.25, 0.3) is 0 Å². The van der Waals surface area contributed by atoms with Crippen molar-refractivity contribution in [1.82, 2.24) is 4.98 Å². The van der Waals surface area contributed by atoms with Crippen molar-refractivity contribution in [1.29, 1.82) is 0 Å². The van der Waals surface area contributed by atoms with Crippen LogP contribution in [0, 0.1) is 11.3 Å². The molecule has 3 rings (SSSR count). The van der Waals surface area contributed by atoms with Crippen LogP contribution in [0.15, 0.2) is 23.2 Å². The zero-order chi connectivity index (χ0) is 16.8. The summed E-state index contributed by atoms with van der Waals surface area (Å²) in [5, 5.41) is 10.7. The Balaban J connectivity index is 1.82. The molecule has 1 fully saturated rings. The zero-order valence-corrected chi connectivity index (χ0v) is 15.9. The number of thioether (sulfide) groups is 1. The molecule has 0 amide bonds. The van der Waals surface area contributed by atoms with E-state index in [0.717, 1.165) is 25.7 Å². The fourth-order valence-corrected chi connectivity index (χ4v) is 5.38. The van der Waals surface area contributed by atoms with Crippen LogP contribution in [0.3, 0.4) is 0 Å². The van der Waals surface area contributed by atoms with Crippen molar-refractivity contribution in [2.24, 2.45) is 11.3 Å². The molecule has 2 heterocycles. The van der Waals surface area contributed by atoms with Crippen LogP contribution in [0.2, 0.25) is 0 Å². The van der Waals surface area contributed by atoms with Gasteiger partial charge in [-0.2, -0.15) is 0 Å². The molecule has 4 heteroatoms. The molecule has 1 aromatic rings. The molecular formula is C19H30N2OS. The highest BCUT2D eigenvalue weighted by atomic mass is 32.2. The van der Waals surface area contributed by atoms with E-state index in [9.17, 15) is 5.11 Å². The maximum atomic E-state index is 10.3. The van der Waals surface area contributed by atoms with E-state index >= 15 is 0 Å². The summed E-state index contributed by atoms with van der Waals surface area (Å²) in [6.07, 6.45) is 6.43. The summed E-state index contributed by atoms with van der Waals surface area (Å²) in [7, 11) is 0. The largest absolute Gasteiger partial charge is 0.390 e. The molecule has 2 aliphatic rings. The first-order valence-corrected chi connectivity index (χ1v) is 9.68. The van der Waals surface area contributed by atoms with Gasteiger partial charge in [-0.3, -0.25) is 0 Å². The lowest BCUT2D eigenvalue weighted by atomic mass is 9.76. The summed E-state index contributed by atoms with van der Waals surface area (Å²) < 4.78 is 0. The van der Waals surface area contributed by atoms with Gasteiger partial charge >= 0.3 is 0 Å². The van der Waals surface area contributed by atoms with Crippen LogP contribution >= 0.6 is 11.8 Å². The molecule has 0 saturated heterocycles. The molecule has 0 radical (unpaired) electrons. The molecule has 1 aliphatic heterocycles. The summed E-state index contributed by atoms with van der Waals surface area (Å²) >= 11 is 1.97. The molecule has 1 saturated carbocycles. The predicted octanol–water partition coefficient (Wildman–Crippen LogP) is 4.70. The Hall–Kier alpha value is -0.740. The summed E-state index contributed by atoms with van der Waals surface area (Å²) in [5.74, 6) is 1.59. The lowest BCUT2D eigenvalue weighted by Gasteiger charge is -2.44. The number of rotatable bonds is 2. The van der Waals surface area contributed by atoms with E-state index in [1.54, 1.807) is 0 Å².